The molecule has 204 valence electrons. The molecule has 37 heavy (non-hydrogen) atoms. The van der Waals surface area contributed by atoms with Crippen molar-refractivity contribution in [3.63, 3.8) is 0 Å². The van der Waals surface area contributed by atoms with Gasteiger partial charge in [0.2, 0.25) is 18.1 Å². The summed E-state index contributed by atoms with van der Waals surface area (Å²) in [6.07, 6.45) is -6.64. The highest BCUT2D eigenvalue weighted by Crippen LogP contribution is 2.47. The quantitative estimate of drug-likeness (QED) is 0.339. The highest BCUT2D eigenvalue weighted by Gasteiger charge is 2.54. The summed E-state index contributed by atoms with van der Waals surface area (Å²) in [5.74, 6) is -3.64. The minimum atomic E-state index is -1.42. The third-order valence-corrected chi connectivity index (χ3v) is 5.12. The lowest BCUT2D eigenvalue weighted by atomic mass is 9.98. The molecule has 0 N–H and O–H groups in total. The van der Waals surface area contributed by atoms with Crippen LogP contribution in [0, 0.1) is 0 Å². The molecule has 0 radical (unpaired) electrons. The zero-order valence-corrected chi connectivity index (χ0v) is 21.3. The second-order valence-electron chi connectivity index (χ2n) is 8.27. The van der Waals surface area contributed by atoms with Crippen molar-refractivity contribution in [2.75, 3.05) is 13.2 Å². The van der Waals surface area contributed by atoms with E-state index < -0.39 is 60.6 Å². The number of hydrogen-bond acceptors (Lipinski definition) is 13. The van der Waals surface area contributed by atoms with Gasteiger partial charge in [-0.1, -0.05) is 6.07 Å². The fraction of sp³-hybridized carbons (Fsp3) is 0.583. The van der Waals surface area contributed by atoms with Crippen molar-refractivity contribution in [1.82, 2.24) is 0 Å². The molecule has 0 amide bonds. The summed E-state index contributed by atoms with van der Waals surface area (Å²) in [6.45, 7) is 7.86. The molecule has 13 nitrogen and oxygen atoms in total. The molecule has 1 unspecified atom stereocenters. The molecule has 2 heterocycles. The average molecular weight is 526 g/mol. The topological polar surface area (TPSA) is 151 Å². The van der Waals surface area contributed by atoms with Crippen LogP contribution in [0.1, 0.15) is 41.5 Å². The predicted octanol–water partition coefficient (Wildman–Crippen LogP) is 1.63. The number of carbonyl (C=O) groups is 4. The van der Waals surface area contributed by atoms with Crippen molar-refractivity contribution < 1.29 is 61.8 Å². The minimum absolute atomic E-state index is 0.127. The normalized spacial score (nSPS) is 28.1. The third-order valence-electron chi connectivity index (χ3n) is 5.12. The molecule has 0 aliphatic carbocycles. The summed E-state index contributed by atoms with van der Waals surface area (Å²) >= 11 is 0. The Morgan fingerprint density at radius 3 is 2.08 bits per heavy atom. The fourth-order valence-electron chi connectivity index (χ4n) is 3.91. The Bertz CT molecular complexity index is 1020. The van der Waals surface area contributed by atoms with E-state index in [-0.39, 0.29) is 18.1 Å². The highest BCUT2D eigenvalue weighted by atomic mass is 16.9. The fourth-order valence-corrected chi connectivity index (χ4v) is 3.91. The first kappa shape index (κ1) is 28.0. The van der Waals surface area contributed by atoms with Crippen molar-refractivity contribution in [1.29, 1.82) is 0 Å². The molecular weight excluding hydrogens is 496 g/mol. The molecule has 1 fully saturated rings. The number of benzene rings is 1. The Morgan fingerprint density at radius 1 is 0.865 bits per heavy atom. The van der Waals surface area contributed by atoms with Crippen molar-refractivity contribution in [3.05, 3.63) is 18.2 Å². The maximum absolute atomic E-state index is 12.0. The lowest BCUT2D eigenvalue weighted by Crippen LogP contribution is -2.63. The molecule has 0 spiro atoms. The molecule has 6 atom stereocenters. The van der Waals surface area contributed by atoms with Gasteiger partial charge in [0.1, 0.15) is 12.7 Å². The second kappa shape index (κ2) is 11.6. The van der Waals surface area contributed by atoms with Crippen LogP contribution in [-0.4, -0.2) is 73.8 Å². The Hall–Kier alpha value is -3.58. The first-order valence-corrected chi connectivity index (χ1v) is 11.5. The van der Waals surface area contributed by atoms with Gasteiger partial charge in [0.15, 0.2) is 23.7 Å². The van der Waals surface area contributed by atoms with E-state index in [9.17, 15) is 19.2 Å². The number of ether oxygens (including phenoxy) is 9. The average Bonchev–Trinajstić information content (AvgIpc) is 3.12. The van der Waals surface area contributed by atoms with Crippen molar-refractivity contribution >= 4 is 23.9 Å². The molecular formula is C24H30O13. The van der Waals surface area contributed by atoms with Gasteiger partial charge in [-0.2, -0.15) is 0 Å². The van der Waals surface area contributed by atoms with Gasteiger partial charge >= 0.3 is 29.9 Å². The summed E-state index contributed by atoms with van der Waals surface area (Å²) in [5, 5.41) is 0. The van der Waals surface area contributed by atoms with Crippen LogP contribution in [0.25, 0.3) is 0 Å². The molecule has 2 aliphatic heterocycles. The second-order valence-corrected chi connectivity index (χ2v) is 8.27. The van der Waals surface area contributed by atoms with E-state index in [2.05, 4.69) is 0 Å². The zero-order chi connectivity index (χ0) is 27.3. The highest BCUT2D eigenvalue weighted by molar-refractivity contribution is 5.68. The molecule has 1 aromatic carbocycles. The van der Waals surface area contributed by atoms with E-state index in [4.69, 9.17) is 42.6 Å². The van der Waals surface area contributed by atoms with Crippen molar-refractivity contribution in [2.45, 2.75) is 78.2 Å². The van der Waals surface area contributed by atoms with Crippen LogP contribution in [0.5, 0.6) is 17.2 Å². The molecule has 3 rings (SSSR count). The van der Waals surface area contributed by atoms with Gasteiger partial charge in [-0.3, -0.25) is 19.2 Å². The van der Waals surface area contributed by atoms with Crippen LogP contribution >= 0.6 is 0 Å². The van der Waals surface area contributed by atoms with E-state index >= 15 is 0 Å². The third kappa shape index (κ3) is 7.01. The van der Waals surface area contributed by atoms with Crippen LogP contribution in [0.15, 0.2) is 18.2 Å². The van der Waals surface area contributed by atoms with Crippen LogP contribution in [0.4, 0.5) is 0 Å². The Balaban J connectivity index is 1.99. The zero-order valence-electron chi connectivity index (χ0n) is 21.3. The van der Waals surface area contributed by atoms with Crippen LogP contribution in [-0.2, 0) is 47.6 Å². The molecule has 0 aromatic heterocycles. The van der Waals surface area contributed by atoms with Gasteiger partial charge in [0.25, 0.3) is 0 Å². The molecule has 1 aromatic rings. The van der Waals surface area contributed by atoms with Gasteiger partial charge < -0.3 is 42.6 Å². The van der Waals surface area contributed by atoms with Gasteiger partial charge in [-0.15, -0.1) is 0 Å². The first-order chi connectivity index (χ1) is 17.4. The Kier molecular flexibility index (Phi) is 8.81. The molecule has 13 heteroatoms. The summed E-state index contributed by atoms with van der Waals surface area (Å²) in [4.78, 5) is 47.3. The summed E-state index contributed by atoms with van der Waals surface area (Å²) in [7, 11) is 0. The monoisotopic (exact) mass is 526 g/mol. The summed E-state index contributed by atoms with van der Waals surface area (Å²) in [6, 6.07) is 4.81. The Morgan fingerprint density at radius 2 is 1.49 bits per heavy atom. The number of fused-ring (bicyclic) bond motifs is 1. The van der Waals surface area contributed by atoms with Crippen molar-refractivity contribution in [3.8, 4) is 17.2 Å². The van der Waals surface area contributed by atoms with Gasteiger partial charge in [0.05, 0.1) is 6.61 Å². The summed E-state index contributed by atoms with van der Waals surface area (Å²) < 4.78 is 50.4. The lowest BCUT2D eigenvalue weighted by molar-refractivity contribution is -0.289. The number of para-hydroxylation sites is 1. The largest absolute Gasteiger partial charge is 0.463 e. The van der Waals surface area contributed by atoms with Crippen LogP contribution in [0.2, 0.25) is 0 Å². The first-order valence-electron chi connectivity index (χ1n) is 11.5. The standard InChI is InChI=1S/C24H30O13/c1-7-30-24(6)36-17-10-8-9-16(19(17)37-24)34-23-22(33-15(5)28)21(32-14(4)27)20(31-13(3)26)18(35-23)11-29-12(2)25/h8-10,18,20-23H,7,11H2,1-6H3/t18-,20-,21+,22-,23-,24?/m1/s1. The van der Waals surface area contributed by atoms with Gasteiger partial charge in [0, 0.05) is 34.6 Å². The SMILES string of the molecule is CCOC1(C)Oc2cccc(O[C@@H]3O[C@H](COC(C)=O)[C@@H](OC(C)=O)[C@H](OC(C)=O)[C@H]3OC(C)=O)c2O1. The number of esters is 4. The van der Waals surface area contributed by atoms with Crippen LogP contribution < -0.4 is 14.2 Å². The molecule has 1 saturated heterocycles. The lowest BCUT2D eigenvalue weighted by Gasteiger charge is -2.43. The smallest absolute Gasteiger partial charge is 0.369 e. The number of rotatable bonds is 9. The van der Waals surface area contributed by atoms with E-state index in [0.29, 0.717) is 12.4 Å². The number of hydrogen-bond donors (Lipinski definition) is 0. The molecule has 2 aliphatic rings. The predicted molar refractivity (Wildman–Crippen MR) is 120 cm³/mol. The molecule has 0 saturated carbocycles. The van der Waals surface area contributed by atoms with E-state index in [0.717, 1.165) is 20.8 Å². The van der Waals surface area contributed by atoms with E-state index in [1.165, 1.54) is 6.92 Å². The van der Waals surface area contributed by atoms with Crippen molar-refractivity contribution in [2.24, 2.45) is 0 Å². The van der Waals surface area contributed by atoms with Gasteiger partial charge in [-0.05, 0) is 19.1 Å². The number of carbonyl (C=O) groups excluding carboxylic acids is 4. The maximum atomic E-state index is 12.0. The summed E-state index contributed by atoms with van der Waals surface area (Å²) in [5.41, 5.74) is 0. The van der Waals surface area contributed by atoms with E-state index in [1.807, 2.05) is 0 Å². The molecule has 0 bridgehead atoms. The van der Waals surface area contributed by atoms with Crippen LogP contribution in [0.3, 0.4) is 0 Å². The maximum Gasteiger partial charge on any atom is 0.369 e. The minimum Gasteiger partial charge on any atom is -0.463 e. The van der Waals surface area contributed by atoms with E-state index in [1.54, 1.807) is 32.0 Å². The Labute approximate surface area is 213 Å². The van der Waals surface area contributed by atoms with Gasteiger partial charge in [-0.25, -0.2) is 0 Å².